The number of aliphatic hydroxyl groups excluding tert-OH is 1. The number of carbonyl (C=O) groups is 4. The monoisotopic (exact) mass is 648 g/mol. The van der Waals surface area contributed by atoms with Gasteiger partial charge in [-0.15, -0.1) is 6.54 Å². The molecule has 0 heterocycles. The van der Waals surface area contributed by atoms with Crippen molar-refractivity contribution in [2.45, 2.75) is 78.7 Å². The number of halogens is 1. The summed E-state index contributed by atoms with van der Waals surface area (Å²) in [7, 11) is 5.32. The third-order valence-electron chi connectivity index (χ3n) is 4.42. The molecule has 0 aliphatic rings. The molecule has 1 aromatic rings. The molecule has 0 bridgehead atoms. The summed E-state index contributed by atoms with van der Waals surface area (Å²) < 4.78 is 4.55. The first-order chi connectivity index (χ1) is 17.7. The minimum Gasteiger partial charge on any atom is -0.665 e. The number of nitrogens with zero attached hydrogens (tertiary/aromatic N) is 1. The van der Waals surface area contributed by atoms with Gasteiger partial charge in [0.25, 0.3) is 6.47 Å². The van der Waals surface area contributed by atoms with Gasteiger partial charge in [0.05, 0.1) is 18.7 Å². The van der Waals surface area contributed by atoms with Crippen molar-refractivity contribution in [2.75, 3.05) is 33.0 Å². The third kappa shape index (κ3) is 31.0. The summed E-state index contributed by atoms with van der Waals surface area (Å²) in [6, 6.07) is 7.01. The van der Waals surface area contributed by atoms with Crippen LogP contribution < -0.4 is 16.0 Å². The van der Waals surface area contributed by atoms with E-state index in [-0.39, 0.29) is 68.0 Å². The number of benzene rings is 1. The van der Waals surface area contributed by atoms with Crippen molar-refractivity contribution >= 4 is 41.2 Å². The Bertz CT molecular complexity index is 739. The number of nitrogens with one attached hydrogen (secondary N) is 3. The molecule has 0 fully saturated rings. The number of aldehydes is 1. The zero-order valence-electron chi connectivity index (χ0n) is 24.9. The van der Waals surface area contributed by atoms with E-state index in [1.165, 1.54) is 0 Å². The van der Waals surface area contributed by atoms with Gasteiger partial charge in [0.15, 0.2) is 0 Å². The maximum Gasteiger partial charge on any atom is 0.293 e. The Kier molecular flexibility index (Phi) is 32.1. The Hall–Kier alpha value is -1.43. The summed E-state index contributed by atoms with van der Waals surface area (Å²) in [6.07, 6.45) is 1.93. The molecular weight excluding hydrogens is 601 g/mol. The van der Waals surface area contributed by atoms with Gasteiger partial charge in [0.2, 0.25) is 11.1 Å². The Morgan fingerprint density at radius 2 is 1.64 bits per heavy atom. The molecule has 0 spiro atoms. The SMILES string of the molecule is CC(C)(C)OC=O.CNC(C(=O)N[C@@H](C)C=O)C(C)C.CNc1ccc(CO)cc1.C[N-]CCCC(=O)Cl.[Y]. The summed E-state index contributed by atoms with van der Waals surface area (Å²) in [6.45, 7) is 12.3. The quantitative estimate of drug-likeness (QED) is 0.153. The van der Waals surface area contributed by atoms with Gasteiger partial charge >= 0.3 is 0 Å². The summed E-state index contributed by atoms with van der Waals surface area (Å²) in [4.78, 5) is 41.4. The van der Waals surface area contributed by atoms with Crippen LogP contribution in [0.25, 0.3) is 5.32 Å². The van der Waals surface area contributed by atoms with Crippen molar-refractivity contribution in [2.24, 2.45) is 5.92 Å². The van der Waals surface area contributed by atoms with Crippen LogP contribution in [0.15, 0.2) is 24.3 Å². The van der Waals surface area contributed by atoms with E-state index in [0.717, 1.165) is 24.2 Å². The smallest absolute Gasteiger partial charge is 0.293 e. The van der Waals surface area contributed by atoms with Gasteiger partial charge < -0.3 is 35.9 Å². The Balaban J connectivity index is -0.000000213. The molecular formula is C27H48ClN4O6Y-. The van der Waals surface area contributed by atoms with Crippen LogP contribution in [0.5, 0.6) is 0 Å². The molecule has 0 aromatic heterocycles. The first-order valence-electron chi connectivity index (χ1n) is 12.4. The first-order valence-corrected chi connectivity index (χ1v) is 12.8. The molecule has 1 unspecified atom stereocenters. The van der Waals surface area contributed by atoms with Crippen LogP contribution in [0.1, 0.15) is 59.9 Å². The van der Waals surface area contributed by atoms with Crippen molar-refractivity contribution in [1.29, 1.82) is 0 Å². The molecule has 0 saturated heterocycles. The van der Waals surface area contributed by atoms with Crippen LogP contribution in [0.2, 0.25) is 0 Å². The van der Waals surface area contributed by atoms with E-state index in [4.69, 9.17) is 16.7 Å². The van der Waals surface area contributed by atoms with E-state index >= 15 is 0 Å². The van der Waals surface area contributed by atoms with Crippen LogP contribution in [-0.4, -0.2) is 74.4 Å². The van der Waals surface area contributed by atoms with Crippen LogP contribution in [0.3, 0.4) is 0 Å². The van der Waals surface area contributed by atoms with E-state index < -0.39 is 6.04 Å². The molecule has 0 aliphatic carbocycles. The van der Waals surface area contributed by atoms with Gasteiger partial charge in [-0.25, -0.2) is 0 Å². The van der Waals surface area contributed by atoms with Crippen LogP contribution in [0.4, 0.5) is 5.69 Å². The van der Waals surface area contributed by atoms with Crippen LogP contribution >= 0.6 is 11.6 Å². The number of hydrogen-bond donors (Lipinski definition) is 4. The Labute approximate surface area is 265 Å². The summed E-state index contributed by atoms with van der Waals surface area (Å²) in [5.74, 6) is 0.0842. The minimum absolute atomic E-state index is 0. The molecule has 1 amide bonds. The second-order valence-electron chi connectivity index (χ2n) is 9.37. The fourth-order valence-corrected chi connectivity index (χ4v) is 2.55. The molecule has 39 heavy (non-hydrogen) atoms. The van der Waals surface area contributed by atoms with Gasteiger partial charge in [-0.2, -0.15) is 7.05 Å². The predicted octanol–water partition coefficient (Wildman–Crippen LogP) is 3.65. The van der Waals surface area contributed by atoms with Crippen molar-refractivity contribution in [1.82, 2.24) is 10.6 Å². The molecule has 10 nitrogen and oxygen atoms in total. The topological polar surface area (TPSA) is 148 Å². The van der Waals surface area contributed by atoms with Gasteiger partial charge in [0.1, 0.15) is 11.9 Å². The van der Waals surface area contributed by atoms with Gasteiger partial charge in [-0.1, -0.05) is 32.4 Å². The molecule has 2 atom stereocenters. The molecule has 1 rings (SSSR count). The van der Waals surface area contributed by atoms with Crippen molar-refractivity contribution in [3.8, 4) is 0 Å². The zero-order chi connectivity index (χ0) is 30.1. The Morgan fingerprint density at radius 3 is 1.92 bits per heavy atom. The number of carbonyl (C=O) groups excluding carboxylic acids is 4. The van der Waals surface area contributed by atoms with E-state index in [2.05, 4.69) is 26.0 Å². The average Bonchev–Trinajstić information content (AvgIpc) is 2.84. The van der Waals surface area contributed by atoms with Gasteiger partial charge in [0, 0.05) is 51.9 Å². The number of anilines is 1. The number of amides is 1. The fraction of sp³-hybridized carbons (Fsp3) is 0.630. The molecule has 0 aliphatic heterocycles. The van der Waals surface area contributed by atoms with E-state index in [1.54, 1.807) is 21.0 Å². The van der Waals surface area contributed by atoms with Crippen molar-refractivity contribution < 1.29 is 61.7 Å². The summed E-state index contributed by atoms with van der Waals surface area (Å²) in [5, 5.41) is 20.7. The normalized spacial score (nSPS) is 11.3. The predicted molar refractivity (Wildman–Crippen MR) is 154 cm³/mol. The number of rotatable bonds is 12. The summed E-state index contributed by atoms with van der Waals surface area (Å²) >= 11 is 5.03. The van der Waals surface area contributed by atoms with E-state index in [9.17, 15) is 19.2 Å². The standard InChI is InChI=1S/C9H18N2O2.C8H11NO.C5H9ClNO.C5H10O2.Y/c1-6(2)8(10-4)9(13)11-7(3)5-12;1-9-8-4-2-7(6-10)3-5-8;1-7-4-2-3-5(6)8;1-5(2,3)7-4-6;/h5-8,10H,1-4H3,(H,11,13);2-5,9-10H,6H2,1H3;2-4H2,1H3;4H,1-3H3;/q;;-1;;/t7-,8?;;;;/m0..../s1. The number of hydrogen-bond acceptors (Lipinski definition) is 8. The van der Waals surface area contributed by atoms with E-state index in [0.29, 0.717) is 19.2 Å². The molecule has 4 N–H and O–H groups in total. The maximum atomic E-state index is 11.5. The third-order valence-corrected chi connectivity index (χ3v) is 4.61. The van der Waals surface area contributed by atoms with Crippen LogP contribution in [-0.2, 0) is 63.2 Å². The van der Waals surface area contributed by atoms with E-state index in [1.807, 2.05) is 65.9 Å². The summed E-state index contributed by atoms with van der Waals surface area (Å²) in [5.41, 5.74) is 1.69. The maximum absolute atomic E-state index is 11.5. The second kappa shape index (κ2) is 28.1. The molecule has 1 radical (unpaired) electrons. The van der Waals surface area contributed by atoms with Crippen LogP contribution in [0, 0.1) is 5.92 Å². The minimum atomic E-state index is -0.415. The largest absolute Gasteiger partial charge is 0.665 e. The number of aliphatic hydroxyl groups is 1. The molecule has 0 saturated carbocycles. The molecule has 12 heteroatoms. The number of likely N-dealkylation sites (N-methyl/N-ethyl adjacent to an activating group) is 1. The number of ether oxygens (including phenoxy) is 1. The van der Waals surface area contributed by atoms with Crippen molar-refractivity contribution in [3.63, 3.8) is 0 Å². The Morgan fingerprint density at radius 1 is 1.10 bits per heavy atom. The van der Waals surface area contributed by atoms with Gasteiger partial charge in [-0.05, 0) is 70.0 Å². The average molecular weight is 649 g/mol. The second-order valence-corrected chi connectivity index (χ2v) is 9.80. The fourth-order valence-electron chi connectivity index (χ4n) is 2.41. The first kappa shape index (κ1) is 44.6. The zero-order valence-corrected chi connectivity index (χ0v) is 28.5. The van der Waals surface area contributed by atoms with Crippen molar-refractivity contribution in [3.05, 3.63) is 35.1 Å². The molecule has 1 aromatic carbocycles. The molecule has 223 valence electrons. The van der Waals surface area contributed by atoms with Gasteiger partial charge in [-0.3, -0.25) is 14.4 Å².